The van der Waals surface area contributed by atoms with Gasteiger partial charge in [-0.2, -0.15) is 13.2 Å². The van der Waals surface area contributed by atoms with Crippen molar-refractivity contribution in [3.63, 3.8) is 0 Å². The number of anilines is 1. The molecule has 0 saturated carbocycles. The number of alkyl halides is 3. The minimum absolute atomic E-state index is 0.128. The smallest absolute Gasteiger partial charge is 0.383 e. The van der Waals surface area contributed by atoms with Gasteiger partial charge in [-0.1, -0.05) is 27.7 Å². The van der Waals surface area contributed by atoms with Crippen molar-refractivity contribution in [3.8, 4) is 0 Å². The number of hydrogen-bond donors (Lipinski definition) is 1. The highest BCUT2D eigenvalue weighted by molar-refractivity contribution is 5.40. The van der Waals surface area contributed by atoms with Gasteiger partial charge < -0.3 is 5.73 Å². The highest BCUT2D eigenvalue weighted by Gasteiger charge is 2.31. The first kappa shape index (κ1) is 17.1. The monoisotopic (exact) mass is 236 g/mol. The summed E-state index contributed by atoms with van der Waals surface area (Å²) in [5, 5.41) is 0. The molecule has 0 unspecified atom stereocenters. The third kappa shape index (κ3) is 5.58. The molecule has 1 heterocycles. The lowest BCUT2D eigenvalue weighted by molar-refractivity contribution is -0.137. The van der Waals surface area contributed by atoms with Crippen LogP contribution in [0.3, 0.4) is 0 Å². The van der Waals surface area contributed by atoms with Gasteiger partial charge in [0.05, 0.1) is 5.56 Å². The van der Waals surface area contributed by atoms with Crippen LogP contribution in [0.1, 0.15) is 38.8 Å². The number of aromatic nitrogens is 1. The van der Waals surface area contributed by atoms with Gasteiger partial charge in [-0.05, 0) is 18.6 Å². The summed E-state index contributed by atoms with van der Waals surface area (Å²) in [6.45, 7) is 9.48. The fourth-order valence-corrected chi connectivity index (χ4v) is 0.740. The number of nitrogens with two attached hydrogens (primary N) is 1. The van der Waals surface area contributed by atoms with Crippen LogP contribution in [0.4, 0.5) is 19.0 Å². The molecule has 0 bridgehead atoms. The van der Waals surface area contributed by atoms with Gasteiger partial charge in [-0.25, -0.2) is 4.98 Å². The zero-order chi connectivity index (χ0) is 13.4. The first-order valence-corrected chi connectivity index (χ1v) is 5.20. The highest BCUT2D eigenvalue weighted by Crippen LogP contribution is 2.29. The third-order valence-electron chi connectivity index (χ3n) is 1.45. The number of nitrogen functional groups attached to an aromatic ring is 1. The summed E-state index contributed by atoms with van der Waals surface area (Å²) < 4.78 is 36.1. The van der Waals surface area contributed by atoms with Gasteiger partial charge in [0, 0.05) is 6.20 Å². The maximum Gasteiger partial charge on any atom is 0.417 e. The Balaban J connectivity index is 0. The molecule has 0 aromatic carbocycles. The SMILES string of the molecule is CC.CC.Cc1cc(C(F)(F)F)cnc1N. The van der Waals surface area contributed by atoms with Gasteiger partial charge in [0.2, 0.25) is 0 Å². The van der Waals surface area contributed by atoms with E-state index in [9.17, 15) is 13.2 Å². The summed E-state index contributed by atoms with van der Waals surface area (Å²) in [4.78, 5) is 3.40. The molecule has 0 amide bonds. The van der Waals surface area contributed by atoms with Gasteiger partial charge in [0.15, 0.2) is 0 Å². The van der Waals surface area contributed by atoms with E-state index in [1.165, 1.54) is 6.92 Å². The zero-order valence-corrected chi connectivity index (χ0v) is 10.3. The number of hydrogen-bond acceptors (Lipinski definition) is 2. The lowest BCUT2D eigenvalue weighted by Gasteiger charge is -2.07. The second-order valence-electron chi connectivity index (χ2n) is 2.42. The van der Waals surface area contributed by atoms with E-state index in [0.29, 0.717) is 5.56 Å². The Kier molecular flexibility index (Phi) is 8.53. The second-order valence-corrected chi connectivity index (χ2v) is 2.42. The molecule has 1 aromatic rings. The molecule has 0 fully saturated rings. The Labute approximate surface area is 94.7 Å². The molecule has 94 valence electrons. The molecule has 0 aliphatic heterocycles. The van der Waals surface area contributed by atoms with Crippen molar-refractivity contribution in [2.24, 2.45) is 0 Å². The Bertz CT molecular complexity index is 296. The molecule has 0 radical (unpaired) electrons. The Morgan fingerprint density at radius 2 is 1.56 bits per heavy atom. The fraction of sp³-hybridized carbons (Fsp3) is 0.545. The van der Waals surface area contributed by atoms with Crippen LogP contribution in [0.5, 0.6) is 0 Å². The lowest BCUT2D eigenvalue weighted by Crippen LogP contribution is -2.07. The second kappa shape index (κ2) is 7.96. The van der Waals surface area contributed by atoms with Crippen molar-refractivity contribution in [2.45, 2.75) is 40.8 Å². The van der Waals surface area contributed by atoms with Crippen LogP contribution >= 0.6 is 0 Å². The Morgan fingerprint density at radius 1 is 1.12 bits per heavy atom. The molecule has 2 N–H and O–H groups in total. The molecule has 1 rings (SSSR count). The topological polar surface area (TPSA) is 38.9 Å². The minimum Gasteiger partial charge on any atom is -0.383 e. The van der Waals surface area contributed by atoms with Crippen LogP contribution in [0.2, 0.25) is 0 Å². The van der Waals surface area contributed by atoms with Crippen LogP contribution in [-0.2, 0) is 6.18 Å². The third-order valence-corrected chi connectivity index (χ3v) is 1.45. The van der Waals surface area contributed by atoms with Crippen LogP contribution < -0.4 is 5.73 Å². The first-order valence-electron chi connectivity index (χ1n) is 5.20. The lowest BCUT2D eigenvalue weighted by atomic mass is 10.2. The van der Waals surface area contributed by atoms with E-state index in [2.05, 4.69) is 4.98 Å². The summed E-state index contributed by atoms with van der Waals surface area (Å²) in [5.41, 5.74) is 4.82. The summed E-state index contributed by atoms with van der Waals surface area (Å²) in [5.74, 6) is 0.128. The standard InChI is InChI=1S/C7H7F3N2.2C2H6/c1-4-2-5(7(8,9)10)3-12-6(4)11;2*1-2/h2-3H,1H3,(H2,11,12);2*1-2H3. The predicted molar refractivity (Wildman–Crippen MR) is 61.1 cm³/mol. The summed E-state index contributed by atoms with van der Waals surface area (Å²) in [6, 6.07) is 0.975. The highest BCUT2D eigenvalue weighted by atomic mass is 19.4. The molecule has 5 heteroatoms. The van der Waals surface area contributed by atoms with Crippen LogP contribution in [0.15, 0.2) is 12.3 Å². The van der Waals surface area contributed by atoms with E-state index < -0.39 is 11.7 Å². The van der Waals surface area contributed by atoms with Crippen molar-refractivity contribution in [1.82, 2.24) is 4.98 Å². The van der Waals surface area contributed by atoms with Gasteiger partial charge in [-0.15, -0.1) is 0 Å². The number of nitrogens with zero attached hydrogens (tertiary/aromatic N) is 1. The van der Waals surface area contributed by atoms with Crippen LogP contribution in [0.25, 0.3) is 0 Å². The quantitative estimate of drug-likeness (QED) is 0.738. The number of pyridine rings is 1. The largest absolute Gasteiger partial charge is 0.417 e. The van der Waals surface area contributed by atoms with E-state index in [1.807, 2.05) is 27.7 Å². The number of halogens is 3. The molecular weight excluding hydrogens is 217 g/mol. The molecule has 0 aliphatic rings. The van der Waals surface area contributed by atoms with Crippen molar-refractivity contribution in [3.05, 3.63) is 23.4 Å². The summed E-state index contributed by atoms with van der Waals surface area (Å²) in [7, 11) is 0. The number of rotatable bonds is 0. The molecule has 2 nitrogen and oxygen atoms in total. The van der Waals surface area contributed by atoms with E-state index in [0.717, 1.165) is 12.3 Å². The molecule has 0 aliphatic carbocycles. The van der Waals surface area contributed by atoms with Crippen LogP contribution in [-0.4, -0.2) is 4.98 Å². The maximum atomic E-state index is 12.0. The van der Waals surface area contributed by atoms with Crippen molar-refractivity contribution >= 4 is 5.82 Å². The molecule has 16 heavy (non-hydrogen) atoms. The molecule has 0 spiro atoms. The van der Waals surface area contributed by atoms with E-state index in [1.54, 1.807) is 0 Å². The van der Waals surface area contributed by atoms with Crippen molar-refractivity contribution in [2.75, 3.05) is 5.73 Å². The maximum absolute atomic E-state index is 12.0. The molecule has 1 aromatic heterocycles. The zero-order valence-electron chi connectivity index (χ0n) is 10.3. The Morgan fingerprint density at radius 3 is 1.88 bits per heavy atom. The molecule has 0 saturated heterocycles. The average molecular weight is 236 g/mol. The van der Waals surface area contributed by atoms with E-state index in [-0.39, 0.29) is 5.82 Å². The fourth-order valence-electron chi connectivity index (χ4n) is 0.740. The van der Waals surface area contributed by atoms with Gasteiger partial charge in [-0.3, -0.25) is 0 Å². The van der Waals surface area contributed by atoms with Gasteiger partial charge in [0.1, 0.15) is 5.82 Å². The van der Waals surface area contributed by atoms with Gasteiger partial charge >= 0.3 is 6.18 Å². The first-order chi connectivity index (χ1) is 7.41. The van der Waals surface area contributed by atoms with E-state index >= 15 is 0 Å². The molecule has 0 atom stereocenters. The predicted octanol–water partition coefficient (Wildman–Crippen LogP) is 4.04. The normalized spacial score (nSPS) is 9.50. The van der Waals surface area contributed by atoms with Crippen molar-refractivity contribution < 1.29 is 13.2 Å². The Hall–Kier alpha value is -1.26. The van der Waals surface area contributed by atoms with E-state index in [4.69, 9.17) is 5.73 Å². The minimum atomic E-state index is -4.34. The average Bonchev–Trinajstić information content (AvgIpc) is 2.26. The van der Waals surface area contributed by atoms with Crippen molar-refractivity contribution in [1.29, 1.82) is 0 Å². The summed E-state index contributed by atoms with van der Waals surface area (Å²) in [6.07, 6.45) is -3.62. The number of aryl methyl sites for hydroxylation is 1. The van der Waals surface area contributed by atoms with Gasteiger partial charge in [0.25, 0.3) is 0 Å². The molecular formula is C11H19F3N2. The summed E-state index contributed by atoms with van der Waals surface area (Å²) >= 11 is 0. The van der Waals surface area contributed by atoms with Crippen LogP contribution in [0, 0.1) is 6.92 Å².